The Morgan fingerprint density at radius 3 is 2.44 bits per heavy atom. The molecular weight excluding hydrogens is 336 g/mol. The van der Waals surface area contributed by atoms with Crippen molar-refractivity contribution in [2.24, 2.45) is 0 Å². The van der Waals surface area contributed by atoms with Crippen LogP contribution in [0, 0.1) is 0 Å². The van der Waals surface area contributed by atoms with Crippen molar-refractivity contribution in [3.63, 3.8) is 0 Å². The van der Waals surface area contributed by atoms with Gasteiger partial charge in [-0.05, 0) is 43.6 Å². The van der Waals surface area contributed by atoms with Crippen molar-refractivity contribution in [2.45, 2.75) is 25.8 Å². The van der Waals surface area contributed by atoms with Crippen LogP contribution in [0.3, 0.4) is 0 Å². The fourth-order valence-electron chi connectivity index (χ4n) is 3.48. The van der Waals surface area contributed by atoms with Crippen molar-refractivity contribution >= 4 is 11.6 Å². The van der Waals surface area contributed by atoms with Gasteiger partial charge in [-0.15, -0.1) is 0 Å². The van der Waals surface area contributed by atoms with Gasteiger partial charge in [-0.1, -0.05) is 48.9 Å². The number of benzene rings is 2. The minimum atomic E-state index is -0.173. The van der Waals surface area contributed by atoms with Crippen LogP contribution in [0.4, 0.5) is 11.6 Å². The van der Waals surface area contributed by atoms with Gasteiger partial charge < -0.3 is 5.32 Å². The van der Waals surface area contributed by atoms with Crippen LogP contribution in [0.25, 0.3) is 11.3 Å². The summed E-state index contributed by atoms with van der Waals surface area (Å²) in [5.41, 5.74) is 3.62. The van der Waals surface area contributed by atoms with Crippen molar-refractivity contribution < 1.29 is 0 Å². The lowest BCUT2D eigenvalue weighted by Gasteiger charge is -2.26. The predicted molar refractivity (Wildman–Crippen MR) is 109 cm³/mol. The van der Waals surface area contributed by atoms with Crippen molar-refractivity contribution in [1.82, 2.24) is 14.9 Å². The number of aromatic nitrogens is 2. The van der Waals surface area contributed by atoms with Gasteiger partial charge >= 0.3 is 0 Å². The van der Waals surface area contributed by atoms with Gasteiger partial charge in [-0.2, -0.15) is 0 Å². The van der Waals surface area contributed by atoms with E-state index in [2.05, 4.69) is 32.3 Å². The summed E-state index contributed by atoms with van der Waals surface area (Å²) in [6, 6.07) is 19.6. The van der Waals surface area contributed by atoms with Crippen LogP contribution < -0.4 is 10.9 Å². The third-order valence-electron chi connectivity index (χ3n) is 4.88. The second-order valence-electron chi connectivity index (χ2n) is 7.00. The Morgan fingerprint density at radius 2 is 1.70 bits per heavy atom. The largest absolute Gasteiger partial charge is 0.326 e. The minimum absolute atomic E-state index is 0.173. The van der Waals surface area contributed by atoms with Crippen LogP contribution in [-0.4, -0.2) is 28.0 Å². The van der Waals surface area contributed by atoms with Gasteiger partial charge in [-0.3, -0.25) is 14.7 Å². The monoisotopic (exact) mass is 360 g/mol. The standard InChI is InChI=1S/C22H24N4O/c27-21-15-20(18-7-3-1-4-8-18)24-22(25-21)23-19-11-9-17(10-12-19)16-26-13-5-2-6-14-26/h1,3-4,7-12,15H,2,5-6,13-14,16H2,(H2,23,24,25,27). The van der Waals surface area contributed by atoms with Crippen LogP contribution in [0.1, 0.15) is 24.8 Å². The van der Waals surface area contributed by atoms with Gasteiger partial charge in [0.2, 0.25) is 5.95 Å². The molecule has 3 aromatic rings. The van der Waals surface area contributed by atoms with Crippen LogP contribution in [0.2, 0.25) is 0 Å². The highest BCUT2D eigenvalue weighted by Gasteiger charge is 2.10. The molecule has 1 aromatic heterocycles. The second kappa shape index (κ2) is 8.18. The third-order valence-corrected chi connectivity index (χ3v) is 4.88. The molecule has 2 heterocycles. The molecule has 0 saturated carbocycles. The topological polar surface area (TPSA) is 61.0 Å². The number of nitrogens with one attached hydrogen (secondary N) is 2. The highest BCUT2D eigenvalue weighted by atomic mass is 16.1. The molecular formula is C22H24N4O. The molecule has 1 aliphatic rings. The molecule has 0 bridgehead atoms. The first kappa shape index (κ1) is 17.5. The van der Waals surface area contributed by atoms with E-state index in [9.17, 15) is 4.79 Å². The fraction of sp³-hybridized carbons (Fsp3) is 0.273. The first-order valence-corrected chi connectivity index (χ1v) is 9.51. The van der Waals surface area contributed by atoms with Gasteiger partial charge in [0.05, 0.1) is 5.69 Å². The number of hydrogen-bond donors (Lipinski definition) is 2. The molecule has 5 heteroatoms. The summed E-state index contributed by atoms with van der Waals surface area (Å²) in [4.78, 5) is 21.8. The van der Waals surface area contributed by atoms with Crippen LogP contribution in [-0.2, 0) is 6.54 Å². The first-order chi connectivity index (χ1) is 13.3. The lowest BCUT2D eigenvalue weighted by atomic mass is 10.1. The van der Waals surface area contributed by atoms with Gasteiger partial charge in [0, 0.05) is 23.9 Å². The summed E-state index contributed by atoms with van der Waals surface area (Å²) in [6.45, 7) is 3.38. The van der Waals surface area contributed by atoms with Gasteiger partial charge in [0.25, 0.3) is 5.56 Å². The van der Waals surface area contributed by atoms with E-state index in [-0.39, 0.29) is 5.56 Å². The number of nitrogens with zero attached hydrogens (tertiary/aromatic N) is 2. The summed E-state index contributed by atoms with van der Waals surface area (Å²) in [5, 5.41) is 3.21. The van der Waals surface area contributed by atoms with E-state index in [0.717, 1.165) is 17.8 Å². The number of piperidine rings is 1. The quantitative estimate of drug-likeness (QED) is 0.717. The van der Waals surface area contributed by atoms with Crippen LogP contribution >= 0.6 is 0 Å². The summed E-state index contributed by atoms with van der Waals surface area (Å²) in [6.07, 6.45) is 3.96. The molecule has 0 aliphatic carbocycles. The zero-order chi connectivity index (χ0) is 18.5. The number of H-pyrrole nitrogens is 1. The van der Waals surface area contributed by atoms with Crippen molar-refractivity contribution in [2.75, 3.05) is 18.4 Å². The molecule has 27 heavy (non-hydrogen) atoms. The minimum Gasteiger partial charge on any atom is -0.326 e. The molecule has 2 N–H and O–H groups in total. The molecule has 5 nitrogen and oxygen atoms in total. The SMILES string of the molecule is O=c1cc(-c2ccccc2)nc(Nc2ccc(CN3CCCCC3)cc2)[nH]1. The Balaban J connectivity index is 1.47. The highest BCUT2D eigenvalue weighted by molar-refractivity contribution is 5.61. The van der Waals surface area contributed by atoms with E-state index in [1.807, 2.05) is 42.5 Å². The van der Waals surface area contributed by atoms with Crippen molar-refractivity contribution in [3.8, 4) is 11.3 Å². The number of aromatic amines is 1. The normalized spacial score (nSPS) is 14.8. The number of hydrogen-bond acceptors (Lipinski definition) is 4. The molecule has 0 spiro atoms. The number of likely N-dealkylation sites (tertiary alicyclic amines) is 1. The fourth-order valence-corrected chi connectivity index (χ4v) is 3.48. The first-order valence-electron chi connectivity index (χ1n) is 9.51. The molecule has 138 valence electrons. The zero-order valence-electron chi connectivity index (χ0n) is 15.3. The van der Waals surface area contributed by atoms with Crippen LogP contribution in [0.15, 0.2) is 65.5 Å². The molecule has 1 saturated heterocycles. The van der Waals surface area contributed by atoms with E-state index in [4.69, 9.17) is 0 Å². The van der Waals surface area contributed by atoms with E-state index in [0.29, 0.717) is 11.6 Å². The van der Waals surface area contributed by atoms with Gasteiger partial charge in [0.15, 0.2) is 0 Å². The van der Waals surface area contributed by atoms with Gasteiger partial charge in [-0.25, -0.2) is 4.98 Å². The maximum atomic E-state index is 12.0. The summed E-state index contributed by atoms with van der Waals surface area (Å²) < 4.78 is 0. The lowest BCUT2D eigenvalue weighted by molar-refractivity contribution is 0.221. The average molecular weight is 360 g/mol. The van der Waals surface area contributed by atoms with E-state index < -0.39 is 0 Å². The average Bonchev–Trinajstić information content (AvgIpc) is 2.71. The molecule has 4 rings (SSSR count). The zero-order valence-corrected chi connectivity index (χ0v) is 15.3. The summed E-state index contributed by atoms with van der Waals surface area (Å²) in [5.74, 6) is 0.449. The molecule has 1 aliphatic heterocycles. The summed E-state index contributed by atoms with van der Waals surface area (Å²) in [7, 11) is 0. The Kier molecular flexibility index (Phi) is 5.30. The maximum absolute atomic E-state index is 12.0. The van der Waals surface area contributed by atoms with Crippen molar-refractivity contribution in [3.05, 3.63) is 76.6 Å². The van der Waals surface area contributed by atoms with E-state index in [1.165, 1.54) is 44.0 Å². The molecule has 0 unspecified atom stereocenters. The smallest absolute Gasteiger partial charge is 0.252 e. The highest BCUT2D eigenvalue weighted by Crippen LogP contribution is 2.19. The number of rotatable bonds is 5. The predicted octanol–water partition coefficient (Wildman–Crippen LogP) is 4.17. The Morgan fingerprint density at radius 1 is 0.963 bits per heavy atom. The van der Waals surface area contributed by atoms with Crippen LogP contribution in [0.5, 0.6) is 0 Å². The molecule has 0 amide bonds. The molecule has 0 radical (unpaired) electrons. The Hall–Kier alpha value is -2.92. The summed E-state index contributed by atoms with van der Waals surface area (Å²) >= 11 is 0. The van der Waals surface area contributed by atoms with Crippen molar-refractivity contribution in [1.29, 1.82) is 0 Å². The van der Waals surface area contributed by atoms with E-state index in [1.54, 1.807) is 0 Å². The lowest BCUT2D eigenvalue weighted by Crippen LogP contribution is -2.29. The van der Waals surface area contributed by atoms with Gasteiger partial charge in [0.1, 0.15) is 0 Å². The third kappa shape index (κ3) is 4.63. The Bertz CT molecular complexity index is 929. The maximum Gasteiger partial charge on any atom is 0.252 e. The Labute approximate surface area is 159 Å². The number of anilines is 2. The molecule has 2 aromatic carbocycles. The molecule has 0 atom stereocenters. The second-order valence-corrected chi connectivity index (χ2v) is 7.00. The molecule has 1 fully saturated rings. The van der Waals surface area contributed by atoms with E-state index >= 15 is 0 Å².